The van der Waals surface area contributed by atoms with Crippen LogP contribution in [-0.4, -0.2) is 28.4 Å². The van der Waals surface area contributed by atoms with Crippen molar-refractivity contribution in [3.63, 3.8) is 0 Å². The van der Waals surface area contributed by atoms with Crippen molar-refractivity contribution in [1.82, 2.24) is 14.1 Å². The van der Waals surface area contributed by atoms with Crippen LogP contribution in [0, 0.1) is 0 Å². The highest BCUT2D eigenvalue weighted by Crippen LogP contribution is 2.24. The Kier molecular flexibility index (Phi) is 5.01. The van der Waals surface area contributed by atoms with E-state index in [1.54, 1.807) is 0 Å². The largest absolute Gasteiger partial charge is 0.476 e. The fourth-order valence-corrected chi connectivity index (χ4v) is 1.96. The average Bonchev–Trinajstić information content (AvgIpc) is 2.68. The lowest BCUT2D eigenvalue weighted by atomic mass is 10.1. The quantitative estimate of drug-likeness (QED) is 0.884. The summed E-state index contributed by atoms with van der Waals surface area (Å²) in [6.45, 7) is 4.51. The minimum absolute atomic E-state index is 0. The lowest BCUT2D eigenvalue weighted by molar-refractivity contribution is 0.328. The summed E-state index contributed by atoms with van der Waals surface area (Å²) >= 11 is 1.21. The number of aromatic nitrogens is 2. The molecule has 0 radical (unpaired) electrons. The molecule has 84 valence electrons. The van der Waals surface area contributed by atoms with Crippen molar-refractivity contribution in [3.8, 4) is 5.88 Å². The number of rotatable bonds is 3. The van der Waals surface area contributed by atoms with Gasteiger partial charge < -0.3 is 10.1 Å². The molecular weight excluding hydrogens is 234 g/mol. The first kappa shape index (κ1) is 12.4. The molecule has 0 saturated carbocycles. The van der Waals surface area contributed by atoms with E-state index >= 15 is 0 Å². The van der Waals surface area contributed by atoms with Crippen molar-refractivity contribution >= 4 is 29.7 Å². The standard InChI is InChI=1S/C9H13N3OS.ClH/c1-2-13-9-8(11-14-12-9)7-4-3-5-10-6-7;/h4,10H,2-3,5-6H2,1H3;1H. The summed E-state index contributed by atoms with van der Waals surface area (Å²) in [6, 6.07) is 0. The SMILES string of the molecule is CCOc1nsnc1C1=CCCNC1.Cl. The lowest BCUT2D eigenvalue weighted by Crippen LogP contribution is -2.21. The summed E-state index contributed by atoms with van der Waals surface area (Å²) in [7, 11) is 0. The van der Waals surface area contributed by atoms with Crippen molar-refractivity contribution in [2.75, 3.05) is 19.7 Å². The van der Waals surface area contributed by atoms with Crippen molar-refractivity contribution in [1.29, 1.82) is 0 Å². The highest BCUT2D eigenvalue weighted by Gasteiger charge is 2.15. The molecule has 0 saturated heterocycles. The minimum atomic E-state index is 0. The summed E-state index contributed by atoms with van der Waals surface area (Å²) in [5.41, 5.74) is 2.11. The Bertz CT molecular complexity index is 340. The third-order valence-corrected chi connectivity index (χ3v) is 2.58. The van der Waals surface area contributed by atoms with Crippen LogP contribution in [0.5, 0.6) is 5.88 Å². The molecule has 0 aromatic carbocycles. The molecule has 1 aromatic heterocycles. The Morgan fingerprint density at radius 2 is 2.40 bits per heavy atom. The van der Waals surface area contributed by atoms with Gasteiger partial charge in [0.2, 0.25) is 0 Å². The first-order valence-corrected chi connectivity index (χ1v) is 5.50. The predicted octanol–water partition coefficient (Wildman–Crippen LogP) is 1.74. The number of nitrogens with one attached hydrogen (secondary N) is 1. The molecule has 0 atom stereocenters. The maximum atomic E-state index is 5.40. The number of ether oxygens (including phenoxy) is 1. The number of nitrogens with zero attached hydrogens (tertiary/aromatic N) is 2. The monoisotopic (exact) mass is 247 g/mol. The molecule has 6 heteroatoms. The highest BCUT2D eigenvalue weighted by atomic mass is 35.5. The van der Waals surface area contributed by atoms with E-state index in [1.165, 1.54) is 17.3 Å². The van der Waals surface area contributed by atoms with Crippen molar-refractivity contribution in [2.45, 2.75) is 13.3 Å². The molecule has 1 N–H and O–H groups in total. The molecular formula is C9H14ClN3OS. The molecule has 15 heavy (non-hydrogen) atoms. The molecule has 4 nitrogen and oxygen atoms in total. The first-order valence-electron chi connectivity index (χ1n) is 4.77. The first-order chi connectivity index (χ1) is 6.92. The third-order valence-electron chi connectivity index (χ3n) is 2.07. The van der Waals surface area contributed by atoms with Crippen molar-refractivity contribution in [3.05, 3.63) is 11.8 Å². The Morgan fingerprint density at radius 3 is 3.07 bits per heavy atom. The summed E-state index contributed by atoms with van der Waals surface area (Å²) in [4.78, 5) is 0. The van der Waals surface area contributed by atoms with E-state index in [4.69, 9.17) is 4.74 Å². The third kappa shape index (κ3) is 2.90. The van der Waals surface area contributed by atoms with Gasteiger partial charge in [-0.2, -0.15) is 4.37 Å². The molecule has 0 unspecified atom stereocenters. The van der Waals surface area contributed by atoms with E-state index in [-0.39, 0.29) is 12.4 Å². The molecule has 1 aromatic rings. The molecule has 0 amide bonds. The van der Waals surface area contributed by atoms with Gasteiger partial charge in [0, 0.05) is 6.54 Å². The zero-order valence-electron chi connectivity index (χ0n) is 8.52. The van der Waals surface area contributed by atoms with E-state index in [1.807, 2.05) is 6.92 Å². The Balaban J connectivity index is 0.00000112. The Labute approximate surface area is 99.5 Å². The van der Waals surface area contributed by atoms with Crippen LogP contribution in [0.1, 0.15) is 19.0 Å². The molecule has 1 aliphatic heterocycles. The smallest absolute Gasteiger partial charge is 0.253 e. The minimum Gasteiger partial charge on any atom is -0.476 e. The van der Waals surface area contributed by atoms with Crippen LogP contribution in [0.3, 0.4) is 0 Å². The second-order valence-corrected chi connectivity index (χ2v) is 3.57. The number of hydrogen-bond donors (Lipinski definition) is 1. The van der Waals surface area contributed by atoms with E-state index in [0.717, 1.165) is 25.2 Å². The summed E-state index contributed by atoms with van der Waals surface area (Å²) in [6.07, 6.45) is 3.26. The van der Waals surface area contributed by atoms with Crippen LogP contribution >= 0.6 is 24.1 Å². The molecule has 1 aliphatic rings. The number of halogens is 1. The fraction of sp³-hybridized carbons (Fsp3) is 0.556. The van der Waals surface area contributed by atoms with Gasteiger partial charge in [-0.25, -0.2) is 0 Å². The maximum Gasteiger partial charge on any atom is 0.253 e. The van der Waals surface area contributed by atoms with Gasteiger partial charge in [0.15, 0.2) is 0 Å². The summed E-state index contributed by atoms with van der Waals surface area (Å²) < 4.78 is 13.8. The zero-order valence-corrected chi connectivity index (χ0v) is 10.2. The van der Waals surface area contributed by atoms with Crippen LogP contribution in [-0.2, 0) is 0 Å². The van der Waals surface area contributed by atoms with Gasteiger partial charge in [0.25, 0.3) is 5.88 Å². The summed E-state index contributed by atoms with van der Waals surface area (Å²) in [5, 5.41) is 3.31. The van der Waals surface area contributed by atoms with Gasteiger partial charge in [0.1, 0.15) is 5.69 Å². The fourth-order valence-electron chi connectivity index (χ4n) is 1.43. The van der Waals surface area contributed by atoms with Gasteiger partial charge in [0.05, 0.1) is 18.3 Å². The van der Waals surface area contributed by atoms with Crippen molar-refractivity contribution < 1.29 is 4.74 Å². The van der Waals surface area contributed by atoms with Crippen LogP contribution in [0.2, 0.25) is 0 Å². The van der Waals surface area contributed by atoms with E-state index in [9.17, 15) is 0 Å². The average molecular weight is 248 g/mol. The Morgan fingerprint density at radius 1 is 1.53 bits per heavy atom. The second kappa shape index (κ2) is 6.05. The molecule has 0 spiro atoms. The lowest BCUT2D eigenvalue weighted by Gasteiger charge is -2.12. The Hall–Kier alpha value is -0.650. The normalized spacial score (nSPS) is 15.4. The van der Waals surface area contributed by atoms with Crippen LogP contribution in [0.4, 0.5) is 0 Å². The topological polar surface area (TPSA) is 47.0 Å². The summed E-state index contributed by atoms with van der Waals surface area (Å²) in [5.74, 6) is 0.674. The molecule has 2 heterocycles. The highest BCUT2D eigenvalue weighted by molar-refractivity contribution is 6.99. The van der Waals surface area contributed by atoms with E-state index in [0.29, 0.717) is 12.5 Å². The molecule has 2 rings (SSSR count). The van der Waals surface area contributed by atoms with Gasteiger partial charge in [-0.05, 0) is 25.5 Å². The molecule has 0 fully saturated rings. The van der Waals surface area contributed by atoms with Crippen molar-refractivity contribution in [2.24, 2.45) is 0 Å². The van der Waals surface area contributed by atoms with E-state index < -0.39 is 0 Å². The van der Waals surface area contributed by atoms with Gasteiger partial charge in [-0.15, -0.1) is 16.8 Å². The molecule has 0 bridgehead atoms. The zero-order chi connectivity index (χ0) is 9.80. The van der Waals surface area contributed by atoms with Gasteiger partial charge >= 0.3 is 0 Å². The van der Waals surface area contributed by atoms with Gasteiger partial charge in [-0.3, -0.25) is 0 Å². The van der Waals surface area contributed by atoms with Gasteiger partial charge in [-0.1, -0.05) is 6.08 Å². The van der Waals surface area contributed by atoms with Crippen LogP contribution < -0.4 is 10.1 Å². The van der Waals surface area contributed by atoms with Crippen LogP contribution in [0.25, 0.3) is 5.57 Å². The van der Waals surface area contributed by atoms with E-state index in [2.05, 4.69) is 20.1 Å². The molecule has 0 aliphatic carbocycles. The second-order valence-electron chi connectivity index (χ2n) is 3.05. The number of hydrogen-bond acceptors (Lipinski definition) is 5. The predicted molar refractivity (Wildman–Crippen MR) is 63.8 cm³/mol. The van der Waals surface area contributed by atoms with Crippen LogP contribution in [0.15, 0.2) is 6.08 Å². The maximum absolute atomic E-state index is 5.40.